The number of hydrogen-bond acceptors (Lipinski definition) is 4. The summed E-state index contributed by atoms with van der Waals surface area (Å²) in [6, 6.07) is 10.6. The summed E-state index contributed by atoms with van der Waals surface area (Å²) in [4.78, 5) is 4.77. The molecule has 1 saturated heterocycles. The quantitative estimate of drug-likeness (QED) is 0.579. The molecule has 2 rings (SSSR count). The Bertz CT molecular complexity index is 403. The topological polar surface area (TPSA) is 35.9 Å². The van der Waals surface area contributed by atoms with Crippen molar-refractivity contribution >= 4 is 0 Å². The van der Waals surface area contributed by atoms with E-state index in [1.54, 1.807) is 6.08 Å². The Morgan fingerprint density at radius 2 is 1.81 bits per heavy atom. The van der Waals surface area contributed by atoms with Gasteiger partial charge in [0.15, 0.2) is 0 Å². The maximum Gasteiger partial charge on any atom is 0.0900 e. The number of rotatable bonds is 8. The van der Waals surface area contributed by atoms with Gasteiger partial charge in [0.1, 0.15) is 0 Å². The van der Waals surface area contributed by atoms with Gasteiger partial charge in [0, 0.05) is 39.3 Å². The first-order valence-electron chi connectivity index (χ1n) is 7.63. The van der Waals surface area contributed by atoms with E-state index < -0.39 is 6.10 Å². The van der Waals surface area contributed by atoms with E-state index in [0.717, 1.165) is 32.7 Å². The minimum Gasteiger partial charge on any atom is -0.389 e. The first-order chi connectivity index (χ1) is 10.3. The van der Waals surface area contributed by atoms with Crippen molar-refractivity contribution in [1.29, 1.82) is 0 Å². The van der Waals surface area contributed by atoms with E-state index in [9.17, 15) is 5.11 Å². The molecule has 1 heterocycles. The van der Waals surface area contributed by atoms with Crippen LogP contribution in [-0.4, -0.2) is 66.9 Å². The maximum atomic E-state index is 9.91. The average molecular weight is 290 g/mol. The van der Waals surface area contributed by atoms with Gasteiger partial charge in [-0.05, 0) is 5.56 Å². The van der Waals surface area contributed by atoms with Crippen LogP contribution >= 0.6 is 0 Å². The number of ether oxygens (including phenoxy) is 1. The lowest BCUT2D eigenvalue weighted by molar-refractivity contribution is 0.0142. The number of hydrogen-bond donors (Lipinski definition) is 1. The molecule has 1 fully saturated rings. The third-order valence-electron chi connectivity index (χ3n) is 3.73. The third-order valence-corrected chi connectivity index (χ3v) is 3.73. The molecule has 4 heteroatoms. The largest absolute Gasteiger partial charge is 0.389 e. The molecule has 0 spiro atoms. The van der Waals surface area contributed by atoms with E-state index in [1.165, 1.54) is 5.56 Å². The van der Waals surface area contributed by atoms with Crippen molar-refractivity contribution < 1.29 is 9.84 Å². The van der Waals surface area contributed by atoms with E-state index in [2.05, 4.69) is 46.7 Å². The van der Waals surface area contributed by atoms with Crippen LogP contribution in [0.3, 0.4) is 0 Å². The first-order valence-corrected chi connectivity index (χ1v) is 7.63. The van der Waals surface area contributed by atoms with Crippen molar-refractivity contribution in [3.05, 3.63) is 48.6 Å². The van der Waals surface area contributed by atoms with E-state index in [4.69, 9.17) is 4.74 Å². The molecule has 0 bridgehead atoms. The molecular formula is C17H26N2O2. The van der Waals surface area contributed by atoms with Gasteiger partial charge in [-0.25, -0.2) is 0 Å². The standard InChI is InChI=1S/C17H26N2O2/c1-2-12-21-15-17(20)14-19-10-8-18(9-11-19)13-16-6-4-3-5-7-16/h2-7,17,20H,1,8-15H2/t17-/m1/s1. The molecule has 1 atom stereocenters. The monoisotopic (exact) mass is 290 g/mol. The first kappa shape index (κ1) is 16.2. The van der Waals surface area contributed by atoms with Gasteiger partial charge < -0.3 is 9.84 Å². The van der Waals surface area contributed by atoms with Gasteiger partial charge in [0.25, 0.3) is 0 Å². The number of aliphatic hydroxyl groups is 1. The molecule has 1 aromatic rings. The third kappa shape index (κ3) is 5.98. The van der Waals surface area contributed by atoms with Gasteiger partial charge in [-0.1, -0.05) is 36.4 Å². The van der Waals surface area contributed by atoms with Crippen molar-refractivity contribution in [3.8, 4) is 0 Å². The highest BCUT2D eigenvalue weighted by molar-refractivity contribution is 5.14. The molecule has 0 aromatic heterocycles. The summed E-state index contributed by atoms with van der Waals surface area (Å²) in [6.45, 7) is 10.3. The second kappa shape index (κ2) is 8.95. The highest BCUT2D eigenvalue weighted by Gasteiger charge is 2.19. The molecule has 1 aliphatic heterocycles. The minimum absolute atomic E-state index is 0.385. The van der Waals surface area contributed by atoms with E-state index >= 15 is 0 Å². The number of β-amino-alcohol motifs (C(OH)–C–C–N with tert-alkyl or cyclic N) is 1. The summed E-state index contributed by atoms with van der Waals surface area (Å²) < 4.78 is 5.28. The predicted molar refractivity (Wildman–Crippen MR) is 85.2 cm³/mol. The van der Waals surface area contributed by atoms with Crippen molar-refractivity contribution in [2.75, 3.05) is 45.9 Å². The van der Waals surface area contributed by atoms with E-state index in [-0.39, 0.29) is 0 Å². The van der Waals surface area contributed by atoms with Gasteiger partial charge in [0.2, 0.25) is 0 Å². The molecule has 4 nitrogen and oxygen atoms in total. The van der Waals surface area contributed by atoms with E-state index in [1.807, 2.05) is 0 Å². The fourth-order valence-electron chi connectivity index (χ4n) is 2.61. The molecule has 1 N–H and O–H groups in total. The van der Waals surface area contributed by atoms with Crippen LogP contribution in [0.4, 0.5) is 0 Å². The van der Waals surface area contributed by atoms with Crippen LogP contribution in [0.1, 0.15) is 5.56 Å². The summed E-state index contributed by atoms with van der Waals surface area (Å²) in [7, 11) is 0. The fraction of sp³-hybridized carbons (Fsp3) is 0.529. The molecular weight excluding hydrogens is 264 g/mol. The lowest BCUT2D eigenvalue weighted by atomic mass is 10.2. The minimum atomic E-state index is -0.411. The predicted octanol–water partition coefficient (Wildman–Crippen LogP) is 1.37. The van der Waals surface area contributed by atoms with Crippen molar-refractivity contribution in [2.45, 2.75) is 12.6 Å². The molecule has 116 valence electrons. The Balaban J connectivity index is 1.65. The van der Waals surface area contributed by atoms with Crippen LogP contribution in [0.15, 0.2) is 43.0 Å². The molecule has 0 saturated carbocycles. The molecule has 0 radical (unpaired) electrons. The smallest absolute Gasteiger partial charge is 0.0900 e. The summed E-state index contributed by atoms with van der Waals surface area (Å²) in [6.07, 6.45) is 1.29. The van der Waals surface area contributed by atoms with Gasteiger partial charge in [-0.2, -0.15) is 0 Å². The highest BCUT2D eigenvalue weighted by atomic mass is 16.5. The van der Waals surface area contributed by atoms with Crippen LogP contribution in [0.2, 0.25) is 0 Å². The van der Waals surface area contributed by atoms with Crippen molar-refractivity contribution in [1.82, 2.24) is 9.80 Å². The van der Waals surface area contributed by atoms with Crippen LogP contribution < -0.4 is 0 Å². The Morgan fingerprint density at radius 3 is 2.48 bits per heavy atom. The molecule has 0 unspecified atom stereocenters. The molecule has 0 aliphatic carbocycles. The lowest BCUT2D eigenvalue weighted by Crippen LogP contribution is -2.48. The summed E-state index contributed by atoms with van der Waals surface area (Å²) in [5.41, 5.74) is 1.36. The van der Waals surface area contributed by atoms with Gasteiger partial charge in [-0.15, -0.1) is 6.58 Å². The van der Waals surface area contributed by atoms with Crippen LogP contribution in [0.5, 0.6) is 0 Å². The SMILES string of the molecule is C=CCOC[C@H](O)CN1CCN(Cc2ccccc2)CC1. The van der Waals surface area contributed by atoms with Gasteiger partial charge in [-0.3, -0.25) is 9.80 Å². The highest BCUT2D eigenvalue weighted by Crippen LogP contribution is 2.08. The lowest BCUT2D eigenvalue weighted by Gasteiger charge is -2.35. The van der Waals surface area contributed by atoms with E-state index in [0.29, 0.717) is 19.8 Å². The normalized spacial score (nSPS) is 18.5. The molecule has 1 aliphatic rings. The zero-order valence-electron chi connectivity index (χ0n) is 12.7. The zero-order chi connectivity index (χ0) is 14.9. The number of nitrogens with zero attached hydrogens (tertiary/aromatic N) is 2. The van der Waals surface area contributed by atoms with Crippen LogP contribution in [0.25, 0.3) is 0 Å². The summed E-state index contributed by atoms with van der Waals surface area (Å²) in [5.74, 6) is 0. The van der Waals surface area contributed by atoms with Gasteiger partial charge >= 0.3 is 0 Å². The zero-order valence-corrected chi connectivity index (χ0v) is 12.7. The molecule has 1 aromatic carbocycles. The van der Waals surface area contributed by atoms with Gasteiger partial charge in [0.05, 0.1) is 19.3 Å². The maximum absolute atomic E-state index is 9.91. The van der Waals surface area contributed by atoms with Crippen LogP contribution in [0, 0.1) is 0 Å². The second-order valence-electron chi connectivity index (χ2n) is 5.54. The summed E-state index contributed by atoms with van der Waals surface area (Å²) in [5, 5.41) is 9.91. The average Bonchev–Trinajstić information content (AvgIpc) is 2.51. The van der Waals surface area contributed by atoms with Crippen molar-refractivity contribution in [3.63, 3.8) is 0 Å². The Labute approximate surface area is 127 Å². The fourth-order valence-corrected chi connectivity index (χ4v) is 2.61. The Morgan fingerprint density at radius 1 is 1.14 bits per heavy atom. The Kier molecular flexibility index (Phi) is 6.89. The number of aliphatic hydroxyl groups excluding tert-OH is 1. The number of benzene rings is 1. The molecule has 21 heavy (non-hydrogen) atoms. The number of piperazine rings is 1. The summed E-state index contributed by atoms with van der Waals surface area (Å²) >= 11 is 0. The van der Waals surface area contributed by atoms with Crippen molar-refractivity contribution in [2.24, 2.45) is 0 Å². The van der Waals surface area contributed by atoms with Crippen LogP contribution in [-0.2, 0) is 11.3 Å². The Hall–Kier alpha value is -1.20. The second-order valence-corrected chi connectivity index (χ2v) is 5.54. The molecule has 0 amide bonds.